The highest BCUT2D eigenvalue weighted by Gasteiger charge is 2.76. The number of carbonyl (C=O) groups is 3. The molecule has 3 aliphatic rings. The summed E-state index contributed by atoms with van der Waals surface area (Å²) in [6.07, 6.45) is 1.33. The molecule has 39 heavy (non-hydrogen) atoms. The van der Waals surface area contributed by atoms with Crippen LogP contribution in [0, 0.1) is 37.5 Å². The maximum atomic E-state index is 14.4. The zero-order valence-corrected chi connectivity index (χ0v) is 24.1. The van der Waals surface area contributed by atoms with Crippen LogP contribution in [0.5, 0.6) is 0 Å². The molecule has 0 saturated carbocycles. The molecule has 3 amide bonds. The van der Waals surface area contributed by atoms with Gasteiger partial charge in [-0.2, -0.15) is 0 Å². The van der Waals surface area contributed by atoms with Gasteiger partial charge in [0.05, 0.1) is 29.2 Å². The van der Waals surface area contributed by atoms with Gasteiger partial charge in [0.25, 0.3) is 0 Å². The number of aryl methyl sites for hydroxylation is 2. The number of anilines is 2. The van der Waals surface area contributed by atoms with Crippen LogP contribution in [0.15, 0.2) is 48.5 Å². The number of nitrogens with one attached hydrogen (secondary N) is 2. The molecule has 0 aliphatic carbocycles. The fraction of sp³-hybridized carbons (Fsp3) is 0.516. The molecular weight excluding hydrogens is 510 g/mol. The number of likely N-dealkylation sites (tertiary alicyclic amines) is 1. The number of hydrogen-bond donors (Lipinski definition) is 3. The maximum absolute atomic E-state index is 14.4. The molecule has 2 bridgehead atoms. The highest BCUT2D eigenvalue weighted by atomic mass is 32.2. The standard InChI is InChI=1S/C31H39N3O4S/c1-17(2)13-22(16-35)34-27(29(37)33-23-14-18(3)11-12-19(23)4)31-20(5)15-24(39-31)25(26(31)30(34)38)28(36)32-21-9-7-6-8-10-21/h6-12,14,17,20,22,24-27,35H,13,15-16H2,1-5H3,(H,32,36)(H,33,37)/t20?,22-,24+,25-,26+,27?,31?/m1/s1. The van der Waals surface area contributed by atoms with E-state index in [0.717, 1.165) is 23.2 Å². The average Bonchev–Trinajstić information content (AvgIpc) is 3.49. The number of rotatable bonds is 8. The second kappa shape index (κ2) is 10.6. The Labute approximate surface area is 235 Å². The summed E-state index contributed by atoms with van der Waals surface area (Å²) in [6, 6.07) is 13.9. The zero-order valence-electron chi connectivity index (χ0n) is 23.3. The maximum Gasteiger partial charge on any atom is 0.248 e. The van der Waals surface area contributed by atoms with Gasteiger partial charge in [0.2, 0.25) is 17.7 Å². The van der Waals surface area contributed by atoms with E-state index in [1.54, 1.807) is 16.7 Å². The van der Waals surface area contributed by atoms with Gasteiger partial charge in [-0.05, 0) is 67.9 Å². The van der Waals surface area contributed by atoms with E-state index in [1.165, 1.54) is 0 Å². The molecule has 3 aliphatic heterocycles. The smallest absolute Gasteiger partial charge is 0.248 e. The molecule has 3 unspecified atom stereocenters. The molecule has 0 radical (unpaired) electrons. The molecule has 3 heterocycles. The lowest BCUT2D eigenvalue weighted by Crippen LogP contribution is -2.57. The summed E-state index contributed by atoms with van der Waals surface area (Å²) in [5.41, 5.74) is 3.38. The summed E-state index contributed by atoms with van der Waals surface area (Å²) < 4.78 is -0.743. The number of aliphatic hydroxyl groups is 1. The molecule has 2 aromatic carbocycles. The molecule has 1 spiro atoms. The Morgan fingerprint density at radius 1 is 1.10 bits per heavy atom. The van der Waals surface area contributed by atoms with Crippen molar-refractivity contribution >= 4 is 40.9 Å². The third-order valence-corrected chi connectivity index (χ3v) is 10.9. The Morgan fingerprint density at radius 2 is 1.82 bits per heavy atom. The van der Waals surface area contributed by atoms with Crippen LogP contribution in [0.25, 0.3) is 0 Å². The number of fused-ring (bicyclic) bond motifs is 1. The minimum absolute atomic E-state index is 0.0477. The van der Waals surface area contributed by atoms with Crippen molar-refractivity contribution in [3.05, 3.63) is 59.7 Å². The fourth-order valence-corrected chi connectivity index (χ4v) is 9.50. The second-order valence-corrected chi connectivity index (χ2v) is 13.5. The van der Waals surface area contributed by atoms with Gasteiger partial charge >= 0.3 is 0 Å². The van der Waals surface area contributed by atoms with Crippen molar-refractivity contribution in [2.75, 3.05) is 17.2 Å². The van der Waals surface area contributed by atoms with Crippen LogP contribution in [0.2, 0.25) is 0 Å². The van der Waals surface area contributed by atoms with E-state index in [0.29, 0.717) is 12.1 Å². The summed E-state index contributed by atoms with van der Waals surface area (Å²) in [6.45, 7) is 9.90. The minimum Gasteiger partial charge on any atom is -0.394 e. The topological polar surface area (TPSA) is 98.7 Å². The first-order valence-electron chi connectivity index (χ1n) is 13.9. The molecule has 7 nitrogen and oxygen atoms in total. The largest absolute Gasteiger partial charge is 0.394 e. The molecule has 8 heteroatoms. The third kappa shape index (κ3) is 4.65. The van der Waals surface area contributed by atoms with Gasteiger partial charge in [0.15, 0.2) is 0 Å². The number of carbonyl (C=O) groups excluding carboxylic acids is 3. The van der Waals surface area contributed by atoms with Gasteiger partial charge in [-0.1, -0.05) is 51.1 Å². The first kappa shape index (κ1) is 27.7. The van der Waals surface area contributed by atoms with Crippen molar-refractivity contribution in [3.63, 3.8) is 0 Å². The van der Waals surface area contributed by atoms with Crippen LogP contribution in [0.4, 0.5) is 11.4 Å². The van der Waals surface area contributed by atoms with Gasteiger partial charge in [0.1, 0.15) is 6.04 Å². The van der Waals surface area contributed by atoms with Gasteiger partial charge in [-0.3, -0.25) is 14.4 Å². The van der Waals surface area contributed by atoms with Crippen molar-refractivity contribution in [1.29, 1.82) is 0 Å². The van der Waals surface area contributed by atoms with Crippen molar-refractivity contribution < 1.29 is 19.5 Å². The number of benzene rings is 2. The van der Waals surface area contributed by atoms with Gasteiger partial charge in [0, 0.05) is 16.6 Å². The fourth-order valence-electron chi connectivity index (χ4n) is 7.09. The predicted octanol–water partition coefficient (Wildman–Crippen LogP) is 4.62. The minimum atomic E-state index is -0.787. The number of nitrogens with zero attached hydrogens (tertiary/aromatic N) is 1. The van der Waals surface area contributed by atoms with Crippen LogP contribution in [0.3, 0.4) is 0 Å². The van der Waals surface area contributed by atoms with E-state index in [4.69, 9.17) is 0 Å². The zero-order chi connectivity index (χ0) is 28.1. The molecule has 3 fully saturated rings. The van der Waals surface area contributed by atoms with E-state index in [2.05, 4.69) is 17.6 Å². The molecule has 3 N–H and O–H groups in total. The van der Waals surface area contributed by atoms with Gasteiger partial charge in [-0.15, -0.1) is 11.8 Å². The first-order valence-corrected chi connectivity index (χ1v) is 14.8. The van der Waals surface area contributed by atoms with Crippen molar-refractivity contribution in [3.8, 4) is 0 Å². The summed E-state index contributed by atoms with van der Waals surface area (Å²) in [5.74, 6) is -1.51. The predicted molar refractivity (Wildman–Crippen MR) is 155 cm³/mol. The molecule has 7 atom stereocenters. The van der Waals surface area contributed by atoms with Crippen molar-refractivity contribution in [1.82, 2.24) is 4.90 Å². The van der Waals surface area contributed by atoms with Crippen molar-refractivity contribution in [2.24, 2.45) is 23.7 Å². The first-order chi connectivity index (χ1) is 18.6. The highest BCUT2D eigenvalue weighted by Crippen LogP contribution is 2.69. The molecule has 5 rings (SSSR count). The van der Waals surface area contributed by atoms with Crippen LogP contribution >= 0.6 is 11.8 Å². The lowest BCUT2D eigenvalue weighted by Gasteiger charge is -2.40. The Hall–Kier alpha value is -2.84. The number of para-hydroxylation sites is 1. The van der Waals surface area contributed by atoms with E-state index in [1.807, 2.05) is 76.2 Å². The normalized spacial score (nSPS) is 30.0. The monoisotopic (exact) mass is 549 g/mol. The van der Waals surface area contributed by atoms with E-state index < -0.39 is 28.7 Å². The van der Waals surface area contributed by atoms with E-state index in [9.17, 15) is 19.5 Å². The number of aliphatic hydroxyl groups excluding tert-OH is 1. The Bertz CT molecular complexity index is 1270. The number of amides is 3. The van der Waals surface area contributed by atoms with Crippen molar-refractivity contribution in [2.45, 2.75) is 69.5 Å². The van der Waals surface area contributed by atoms with Gasteiger partial charge in [-0.25, -0.2) is 0 Å². The van der Waals surface area contributed by atoms with Gasteiger partial charge < -0.3 is 20.6 Å². The van der Waals surface area contributed by atoms with E-state index >= 15 is 0 Å². The SMILES string of the molecule is Cc1ccc(C)c(NC(=O)C2N([C@@H](CO)CC(C)C)C(=O)[C@@H]3[C@H](C(=O)Nc4ccccc4)[C@@H]4CC(C)C23S4)c1. The molecule has 3 saturated heterocycles. The van der Waals surface area contributed by atoms with Crippen LogP contribution in [-0.2, 0) is 14.4 Å². The molecule has 208 valence electrons. The third-order valence-electron chi connectivity index (χ3n) is 8.77. The molecule has 2 aromatic rings. The molecular formula is C31H39N3O4S. The van der Waals surface area contributed by atoms with Crippen LogP contribution < -0.4 is 10.6 Å². The summed E-state index contributed by atoms with van der Waals surface area (Å²) >= 11 is 1.65. The lowest BCUT2D eigenvalue weighted by molar-refractivity contribution is -0.141. The highest BCUT2D eigenvalue weighted by molar-refractivity contribution is 8.02. The van der Waals surface area contributed by atoms with E-state index in [-0.39, 0.29) is 41.4 Å². The van der Waals surface area contributed by atoms with Crippen LogP contribution in [-0.4, -0.2) is 56.4 Å². The van der Waals surface area contributed by atoms with Crippen LogP contribution in [0.1, 0.15) is 44.7 Å². The molecule has 0 aromatic heterocycles. The Kier molecular flexibility index (Phi) is 7.55. The lowest BCUT2D eigenvalue weighted by atomic mass is 9.66. The summed E-state index contributed by atoms with van der Waals surface area (Å²) in [5, 5.41) is 16.6. The number of thioether (sulfide) groups is 1. The Balaban J connectivity index is 1.56. The summed E-state index contributed by atoms with van der Waals surface area (Å²) in [7, 11) is 0. The second-order valence-electron chi connectivity index (χ2n) is 11.9. The Morgan fingerprint density at radius 3 is 2.49 bits per heavy atom. The quantitative estimate of drug-likeness (QED) is 0.446. The summed E-state index contributed by atoms with van der Waals surface area (Å²) in [4.78, 5) is 44.1. The average molecular weight is 550 g/mol. The number of hydrogen-bond acceptors (Lipinski definition) is 5.